The van der Waals surface area contributed by atoms with Crippen LogP contribution in [0.5, 0.6) is 5.75 Å². The first-order valence-corrected chi connectivity index (χ1v) is 10.3. The van der Waals surface area contributed by atoms with Gasteiger partial charge in [0.15, 0.2) is 11.6 Å². The van der Waals surface area contributed by atoms with E-state index in [9.17, 15) is 9.59 Å². The lowest BCUT2D eigenvalue weighted by Gasteiger charge is -2.29. The number of anilines is 1. The normalized spacial score (nSPS) is 25.3. The van der Waals surface area contributed by atoms with Gasteiger partial charge in [-0.25, -0.2) is 13.6 Å². The first-order valence-electron chi connectivity index (χ1n) is 10.3. The Hall–Kier alpha value is -2.39. The summed E-state index contributed by atoms with van der Waals surface area (Å²) in [5.41, 5.74) is -0.945. The maximum Gasteiger partial charge on any atom is 0.511 e. The van der Waals surface area contributed by atoms with E-state index >= 15 is 8.78 Å². The van der Waals surface area contributed by atoms with Gasteiger partial charge in [-0.2, -0.15) is 0 Å². The van der Waals surface area contributed by atoms with Gasteiger partial charge >= 0.3 is 6.16 Å². The number of benzene rings is 1. The maximum atomic E-state index is 15.7. The van der Waals surface area contributed by atoms with Crippen LogP contribution in [0.3, 0.4) is 0 Å². The average Bonchev–Trinajstić information content (AvgIpc) is 3.44. The molecule has 0 bridgehead atoms. The van der Waals surface area contributed by atoms with Gasteiger partial charge in [0.1, 0.15) is 11.5 Å². The smallest absolute Gasteiger partial charge is 0.449 e. The van der Waals surface area contributed by atoms with E-state index < -0.39 is 29.0 Å². The number of piperidine rings is 1. The molecule has 5 rings (SSSR count). The SMILES string of the molecule is CC1CNC2CN(c3c(F)cc4c(=O)c(OC(=O)O)cn(C5CC5)c4c3F)CC2C1.Cl. The number of fused-ring (bicyclic) bond motifs is 2. The summed E-state index contributed by atoms with van der Waals surface area (Å²) in [6, 6.07) is 1.13. The van der Waals surface area contributed by atoms with Crippen LogP contribution in [0.2, 0.25) is 0 Å². The molecule has 2 saturated heterocycles. The topological polar surface area (TPSA) is 83.8 Å². The van der Waals surface area contributed by atoms with Gasteiger partial charge in [-0.3, -0.25) is 4.79 Å². The summed E-state index contributed by atoms with van der Waals surface area (Å²) < 4.78 is 36.9. The number of aromatic nitrogens is 1. The molecule has 1 aromatic carbocycles. The lowest BCUT2D eigenvalue weighted by atomic mass is 9.88. The van der Waals surface area contributed by atoms with Crippen LogP contribution in [0.25, 0.3) is 10.9 Å². The molecule has 3 unspecified atom stereocenters. The van der Waals surface area contributed by atoms with Crippen molar-refractivity contribution in [2.24, 2.45) is 11.8 Å². The van der Waals surface area contributed by atoms with E-state index in [-0.39, 0.29) is 41.1 Å². The van der Waals surface area contributed by atoms with E-state index in [2.05, 4.69) is 17.0 Å². The van der Waals surface area contributed by atoms with Gasteiger partial charge in [0.25, 0.3) is 0 Å². The molecule has 2 N–H and O–H groups in total. The molecule has 10 heteroatoms. The Bertz CT molecular complexity index is 1100. The van der Waals surface area contributed by atoms with Crippen molar-refractivity contribution in [1.29, 1.82) is 0 Å². The minimum absolute atomic E-state index is 0. The predicted molar refractivity (Wildman–Crippen MR) is 114 cm³/mol. The van der Waals surface area contributed by atoms with Gasteiger partial charge in [-0.05, 0) is 43.7 Å². The molecule has 3 atom stereocenters. The Balaban J connectivity index is 0.00000231. The van der Waals surface area contributed by atoms with Crippen molar-refractivity contribution in [3.8, 4) is 5.75 Å². The van der Waals surface area contributed by atoms with Crippen molar-refractivity contribution in [3.05, 3.63) is 34.1 Å². The van der Waals surface area contributed by atoms with Gasteiger partial charge in [0, 0.05) is 25.2 Å². The molecule has 2 aliphatic heterocycles. The lowest BCUT2D eigenvalue weighted by molar-refractivity contribution is 0.143. The van der Waals surface area contributed by atoms with E-state index in [0.717, 1.165) is 31.9 Å². The summed E-state index contributed by atoms with van der Waals surface area (Å²) in [6.07, 6.45) is 2.13. The Morgan fingerprint density at radius 2 is 2.03 bits per heavy atom. The van der Waals surface area contributed by atoms with E-state index in [4.69, 9.17) is 5.11 Å². The third kappa shape index (κ3) is 3.74. The van der Waals surface area contributed by atoms with Crippen molar-refractivity contribution < 1.29 is 23.4 Å². The quantitative estimate of drug-likeness (QED) is 0.689. The molecule has 0 radical (unpaired) electrons. The van der Waals surface area contributed by atoms with Crippen LogP contribution in [0.1, 0.15) is 32.2 Å². The molecule has 2 aromatic rings. The fourth-order valence-electron chi connectivity index (χ4n) is 4.98. The molecule has 3 aliphatic rings. The first kappa shape index (κ1) is 21.8. The second-order valence-corrected chi connectivity index (χ2v) is 8.77. The summed E-state index contributed by atoms with van der Waals surface area (Å²) in [7, 11) is 0. The number of carbonyl (C=O) groups is 1. The van der Waals surface area contributed by atoms with Gasteiger partial charge in [0.2, 0.25) is 5.43 Å². The highest BCUT2D eigenvalue weighted by molar-refractivity contribution is 5.86. The first-order chi connectivity index (χ1) is 14.3. The van der Waals surface area contributed by atoms with Gasteiger partial charge in [0.05, 0.1) is 17.1 Å². The summed E-state index contributed by atoms with van der Waals surface area (Å²) in [4.78, 5) is 25.3. The molecular weight excluding hydrogens is 432 g/mol. The molecule has 1 aromatic heterocycles. The zero-order chi connectivity index (χ0) is 21.2. The summed E-state index contributed by atoms with van der Waals surface area (Å²) in [5, 5.41) is 12.2. The third-order valence-electron chi connectivity index (χ3n) is 6.48. The van der Waals surface area contributed by atoms with Gasteiger partial charge < -0.3 is 24.6 Å². The highest BCUT2D eigenvalue weighted by Crippen LogP contribution is 2.41. The number of rotatable bonds is 3. The monoisotopic (exact) mass is 455 g/mol. The van der Waals surface area contributed by atoms with Crippen molar-refractivity contribution in [2.75, 3.05) is 24.5 Å². The zero-order valence-corrected chi connectivity index (χ0v) is 17.8. The molecule has 168 valence electrons. The number of ether oxygens (including phenoxy) is 1. The van der Waals surface area contributed by atoms with Crippen molar-refractivity contribution >= 4 is 35.2 Å². The van der Waals surface area contributed by atoms with Crippen molar-refractivity contribution in [3.63, 3.8) is 0 Å². The fourth-order valence-corrected chi connectivity index (χ4v) is 4.98. The second kappa shape index (κ2) is 7.94. The van der Waals surface area contributed by atoms with Crippen LogP contribution in [0.4, 0.5) is 19.3 Å². The van der Waals surface area contributed by atoms with Gasteiger partial charge in [-0.1, -0.05) is 6.92 Å². The Kier molecular flexibility index (Phi) is 5.59. The Morgan fingerprint density at radius 3 is 2.71 bits per heavy atom. The highest BCUT2D eigenvalue weighted by Gasteiger charge is 2.39. The van der Waals surface area contributed by atoms with Gasteiger partial charge in [-0.15, -0.1) is 12.4 Å². The zero-order valence-electron chi connectivity index (χ0n) is 16.9. The van der Waals surface area contributed by atoms with Crippen LogP contribution >= 0.6 is 12.4 Å². The molecule has 0 spiro atoms. The van der Waals surface area contributed by atoms with Crippen LogP contribution in [0, 0.1) is 23.5 Å². The number of carboxylic acid groups (broad SMARTS) is 1. The second-order valence-electron chi connectivity index (χ2n) is 8.77. The van der Waals surface area contributed by atoms with Crippen LogP contribution in [-0.2, 0) is 0 Å². The van der Waals surface area contributed by atoms with E-state index in [1.807, 2.05) is 0 Å². The number of hydrogen-bond acceptors (Lipinski definition) is 5. The standard InChI is InChI=1S/C21H23F2N3O4.ClH/c1-10-4-11-7-25(8-15(11)24-6-10)19-14(22)5-13-18(17(19)23)26(12-2-3-12)9-16(20(13)27)30-21(28)29;/h5,9-12,15,24H,2-4,6-8H2,1H3,(H,28,29);1H. The molecule has 0 amide bonds. The molecule has 3 heterocycles. The number of halogens is 3. The lowest BCUT2D eigenvalue weighted by Crippen LogP contribution is -2.44. The fraction of sp³-hybridized carbons (Fsp3) is 0.524. The highest BCUT2D eigenvalue weighted by atomic mass is 35.5. The summed E-state index contributed by atoms with van der Waals surface area (Å²) in [5.74, 6) is -1.20. The van der Waals surface area contributed by atoms with Crippen LogP contribution in [-0.4, -0.2) is 41.5 Å². The van der Waals surface area contributed by atoms with E-state index in [1.165, 1.54) is 10.8 Å². The van der Waals surface area contributed by atoms with Crippen molar-refractivity contribution in [2.45, 2.75) is 38.3 Å². The number of nitrogens with one attached hydrogen (secondary N) is 1. The summed E-state index contributed by atoms with van der Waals surface area (Å²) >= 11 is 0. The summed E-state index contributed by atoms with van der Waals surface area (Å²) in [6.45, 7) is 4.11. The maximum absolute atomic E-state index is 15.7. The average molecular weight is 456 g/mol. The van der Waals surface area contributed by atoms with Crippen LogP contribution in [0.15, 0.2) is 17.1 Å². The minimum atomic E-state index is -1.65. The third-order valence-corrected chi connectivity index (χ3v) is 6.48. The largest absolute Gasteiger partial charge is 0.511 e. The molecule has 1 aliphatic carbocycles. The van der Waals surface area contributed by atoms with Crippen molar-refractivity contribution in [1.82, 2.24) is 9.88 Å². The molecule has 3 fully saturated rings. The molecule has 31 heavy (non-hydrogen) atoms. The minimum Gasteiger partial charge on any atom is -0.449 e. The van der Waals surface area contributed by atoms with E-state index in [0.29, 0.717) is 24.9 Å². The number of hydrogen-bond donors (Lipinski definition) is 2. The van der Waals surface area contributed by atoms with Crippen LogP contribution < -0.4 is 20.4 Å². The molecule has 7 nitrogen and oxygen atoms in total. The van der Waals surface area contributed by atoms with E-state index in [1.54, 1.807) is 4.90 Å². The number of nitrogens with zero attached hydrogens (tertiary/aromatic N) is 2. The number of pyridine rings is 1. The predicted octanol–water partition coefficient (Wildman–Crippen LogP) is 3.53. The molecular formula is C21H24ClF2N3O4. The molecule has 1 saturated carbocycles. The Morgan fingerprint density at radius 1 is 1.29 bits per heavy atom. The Labute approximate surface area is 183 Å².